The van der Waals surface area contributed by atoms with Crippen molar-refractivity contribution in [3.05, 3.63) is 131 Å². The second-order valence-electron chi connectivity index (χ2n) is 11.5. The van der Waals surface area contributed by atoms with Crippen LogP contribution in [-0.2, 0) is 26.3 Å². The Morgan fingerprint density at radius 1 is 0.421 bits per heavy atom. The topological polar surface area (TPSA) is 18.5 Å². The number of nitrogens with zero attached hydrogens (tertiary/aromatic N) is 2. The van der Waals surface area contributed by atoms with Gasteiger partial charge in [-0.3, -0.25) is 0 Å². The van der Waals surface area contributed by atoms with E-state index in [-0.39, 0.29) is 0 Å². The molecule has 0 aliphatic rings. The van der Waals surface area contributed by atoms with Gasteiger partial charge in [-0.2, -0.15) is 0 Å². The van der Waals surface area contributed by atoms with Gasteiger partial charge in [0, 0.05) is 11.1 Å². The lowest BCUT2D eigenvalue weighted by Crippen LogP contribution is -2.49. The van der Waals surface area contributed by atoms with Crippen molar-refractivity contribution in [2.24, 2.45) is 0 Å². The summed E-state index contributed by atoms with van der Waals surface area (Å²) in [5, 5.41) is 0. The SMILES string of the molecule is C[N+](C)(CC[N+](C)(C)Cc1ccc(OCc2ccccc2)cc1)Cc1ccc(OCc2ccccc2)cc1. The molecule has 0 fully saturated rings. The van der Waals surface area contributed by atoms with E-state index in [0.717, 1.165) is 46.6 Å². The molecule has 198 valence electrons. The number of quaternary nitrogens is 2. The van der Waals surface area contributed by atoms with Crippen LogP contribution in [0.4, 0.5) is 0 Å². The molecule has 0 radical (unpaired) electrons. The van der Waals surface area contributed by atoms with Gasteiger partial charge in [-0.15, -0.1) is 0 Å². The highest BCUT2D eigenvalue weighted by Crippen LogP contribution is 2.19. The van der Waals surface area contributed by atoms with Crippen molar-refractivity contribution < 1.29 is 18.4 Å². The quantitative estimate of drug-likeness (QED) is 0.186. The highest BCUT2D eigenvalue weighted by molar-refractivity contribution is 5.28. The van der Waals surface area contributed by atoms with Crippen molar-refractivity contribution in [2.75, 3.05) is 41.3 Å². The zero-order valence-corrected chi connectivity index (χ0v) is 23.3. The third kappa shape index (κ3) is 9.05. The van der Waals surface area contributed by atoms with E-state index in [2.05, 4.69) is 101 Å². The molecule has 0 saturated carbocycles. The van der Waals surface area contributed by atoms with Crippen LogP contribution in [0.2, 0.25) is 0 Å². The van der Waals surface area contributed by atoms with Crippen molar-refractivity contribution >= 4 is 0 Å². The van der Waals surface area contributed by atoms with E-state index in [4.69, 9.17) is 9.47 Å². The smallest absolute Gasteiger partial charge is 0.128 e. The first-order valence-corrected chi connectivity index (χ1v) is 13.4. The summed E-state index contributed by atoms with van der Waals surface area (Å²) in [5.74, 6) is 1.83. The van der Waals surface area contributed by atoms with E-state index in [1.807, 2.05) is 36.4 Å². The minimum atomic E-state index is 0.595. The van der Waals surface area contributed by atoms with Crippen LogP contribution in [0.15, 0.2) is 109 Å². The standard InChI is InChI=1S/C34H42N2O2/c1-35(2,25-29-15-19-33(20-16-29)37-27-31-11-7-5-8-12-31)23-24-36(3,4)26-30-17-21-34(22-18-30)38-28-32-13-9-6-10-14-32/h5-22H,23-28H2,1-4H3/q+2. The summed E-state index contributed by atoms with van der Waals surface area (Å²) in [6.07, 6.45) is 0. The Morgan fingerprint density at radius 3 is 1.11 bits per heavy atom. The maximum Gasteiger partial charge on any atom is 0.128 e. The Morgan fingerprint density at radius 2 is 0.763 bits per heavy atom. The molecule has 0 N–H and O–H groups in total. The third-order valence-electron chi connectivity index (χ3n) is 6.88. The lowest BCUT2D eigenvalue weighted by atomic mass is 10.1. The number of hydrogen-bond acceptors (Lipinski definition) is 2. The third-order valence-corrected chi connectivity index (χ3v) is 6.88. The van der Waals surface area contributed by atoms with Crippen LogP contribution < -0.4 is 9.47 Å². The average Bonchev–Trinajstić information content (AvgIpc) is 2.92. The fourth-order valence-corrected chi connectivity index (χ4v) is 4.55. The monoisotopic (exact) mass is 510 g/mol. The van der Waals surface area contributed by atoms with Crippen molar-refractivity contribution in [1.82, 2.24) is 0 Å². The number of hydrogen-bond donors (Lipinski definition) is 0. The van der Waals surface area contributed by atoms with E-state index >= 15 is 0 Å². The molecule has 0 unspecified atom stereocenters. The molecule has 0 spiro atoms. The van der Waals surface area contributed by atoms with Crippen molar-refractivity contribution in [3.8, 4) is 11.5 Å². The number of likely N-dealkylation sites (N-methyl/N-ethyl adjacent to an activating group) is 2. The van der Waals surface area contributed by atoms with E-state index in [9.17, 15) is 0 Å². The summed E-state index contributed by atoms with van der Waals surface area (Å²) in [7, 11) is 9.27. The Kier molecular flexibility index (Phi) is 9.22. The molecular formula is C34H42N2O2+2. The van der Waals surface area contributed by atoms with Gasteiger partial charge >= 0.3 is 0 Å². The fourth-order valence-electron chi connectivity index (χ4n) is 4.55. The molecule has 38 heavy (non-hydrogen) atoms. The lowest BCUT2D eigenvalue weighted by Gasteiger charge is -2.36. The number of ether oxygens (including phenoxy) is 2. The highest BCUT2D eigenvalue weighted by atomic mass is 16.5. The van der Waals surface area contributed by atoms with Gasteiger partial charge < -0.3 is 18.4 Å². The van der Waals surface area contributed by atoms with E-state index in [0.29, 0.717) is 13.2 Å². The molecule has 0 bridgehead atoms. The Hall–Kier alpha value is -3.60. The summed E-state index contributed by atoms with van der Waals surface area (Å²) >= 11 is 0. The first-order chi connectivity index (χ1) is 18.3. The first-order valence-electron chi connectivity index (χ1n) is 13.4. The Balaban J connectivity index is 1.22. The van der Waals surface area contributed by atoms with E-state index < -0.39 is 0 Å². The van der Waals surface area contributed by atoms with Gasteiger partial charge in [0.05, 0.1) is 28.2 Å². The second-order valence-corrected chi connectivity index (χ2v) is 11.5. The number of rotatable bonds is 13. The van der Waals surface area contributed by atoms with Crippen molar-refractivity contribution in [2.45, 2.75) is 26.3 Å². The average molecular weight is 511 g/mol. The summed E-state index contributed by atoms with van der Waals surface area (Å²) in [6, 6.07) is 37.7. The van der Waals surface area contributed by atoms with Crippen molar-refractivity contribution in [1.29, 1.82) is 0 Å². The Bertz CT molecular complexity index is 1130. The van der Waals surface area contributed by atoms with Gasteiger partial charge in [-0.05, 0) is 59.7 Å². The molecule has 0 saturated heterocycles. The molecular weight excluding hydrogens is 468 g/mol. The molecule has 0 aliphatic heterocycles. The van der Waals surface area contributed by atoms with E-state index in [1.54, 1.807) is 0 Å². The summed E-state index contributed by atoms with van der Waals surface area (Å²) in [4.78, 5) is 0. The van der Waals surface area contributed by atoms with Gasteiger partial charge in [0.15, 0.2) is 0 Å². The maximum absolute atomic E-state index is 5.95. The largest absolute Gasteiger partial charge is 0.489 e. The predicted octanol–water partition coefficient (Wildman–Crippen LogP) is 6.70. The van der Waals surface area contributed by atoms with Crippen LogP contribution in [-0.4, -0.2) is 50.2 Å². The second kappa shape index (κ2) is 12.8. The van der Waals surface area contributed by atoms with Gasteiger partial charge in [0.1, 0.15) is 50.9 Å². The molecule has 4 aromatic rings. The summed E-state index contributed by atoms with van der Waals surface area (Å²) < 4.78 is 13.8. The zero-order chi connectivity index (χ0) is 26.8. The normalized spacial score (nSPS) is 11.8. The fraction of sp³-hybridized carbons (Fsp3) is 0.294. The molecule has 0 aliphatic carbocycles. The highest BCUT2D eigenvalue weighted by Gasteiger charge is 2.23. The van der Waals surface area contributed by atoms with Crippen LogP contribution in [0, 0.1) is 0 Å². The lowest BCUT2D eigenvalue weighted by molar-refractivity contribution is -0.958. The van der Waals surface area contributed by atoms with Crippen LogP contribution in [0.25, 0.3) is 0 Å². The van der Waals surface area contributed by atoms with Gasteiger partial charge in [-0.1, -0.05) is 60.7 Å². The summed E-state index contributed by atoms with van der Waals surface area (Å²) in [5.41, 5.74) is 5.03. The number of benzene rings is 4. The molecule has 0 heterocycles. The molecule has 4 aromatic carbocycles. The van der Waals surface area contributed by atoms with Crippen LogP contribution in [0.3, 0.4) is 0 Å². The zero-order valence-electron chi connectivity index (χ0n) is 23.3. The van der Waals surface area contributed by atoms with Gasteiger partial charge in [0.2, 0.25) is 0 Å². The molecule has 4 heteroatoms. The first kappa shape index (κ1) is 27.4. The molecule has 0 atom stereocenters. The van der Waals surface area contributed by atoms with Gasteiger partial charge in [0.25, 0.3) is 0 Å². The molecule has 0 aromatic heterocycles. The van der Waals surface area contributed by atoms with Crippen LogP contribution in [0.5, 0.6) is 11.5 Å². The van der Waals surface area contributed by atoms with Crippen LogP contribution >= 0.6 is 0 Å². The van der Waals surface area contributed by atoms with E-state index in [1.165, 1.54) is 22.3 Å². The Labute approximate surface area is 228 Å². The maximum atomic E-state index is 5.95. The molecule has 4 nitrogen and oxygen atoms in total. The minimum Gasteiger partial charge on any atom is -0.489 e. The van der Waals surface area contributed by atoms with Crippen LogP contribution in [0.1, 0.15) is 22.3 Å². The molecule has 4 rings (SSSR count). The summed E-state index contributed by atoms with van der Waals surface area (Å²) in [6.45, 7) is 5.37. The molecule has 0 amide bonds. The van der Waals surface area contributed by atoms with Gasteiger partial charge in [-0.25, -0.2) is 0 Å². The predicted molar refractivity (Wildman–Crippen MR) is 156 cm³/mol. The van der Waals surface area contributed by atoms with Crippen molar-refractivity contribution in [3.63, 3.8) is 0 Å². The minimum absolute atomic E-state index is 0.595.